The van der Waals surface area contributed by atoms with Gasteiger partial charge >= 0.3 is 0 Å². The Kier molecular flexibility index (Phi) is 5.20. The van der Waals surface area contributed by atoms with Gasteiger partial charge in [-0.1, -0.05) is 23.7 Å². The molecule has 7 heteroatoms. The highest BCUT2D eigenvalue weighted by Crippen LogP contribution is 2.25. The van der Waals surface area contributed by atoms with Crippen molar-refractivity contribution in [2.75, 3.05) is 18.5 Å². The molecule has 2 heterocycles. The maximum Gasteiger partial charge on any atom is 0.246 e. The van der Waals surface area contributed by atoms with Crippen LogP contribution in [0.4, 0.5) is 5.13 Å². The van der Waals surface area contributed by atoms with E-state index in [2.05, 4.69) is 16.4 Å². The fraction of sp³-hybridized carbons (Fsp3) is 0.412. The minimum Gasteiger partial charge on any atom is -0.381 e. The first-order valence-corrected chi connectivity index (χ1v) is 9.03. The molecule has 0 atom stereocenters. The third kappa shape index (κ3) is 3.95. The van der Waals surface area contributed by atoms with Crippen molar-refractivity contribution in [3.63, 3.8) is 0 Å². The fourth-order valence-corrected chi connectivity index (χ4v) is 3.62. The van der Waals surface area contributed by atoms with Gasteiger partial charge in [0, 0.05) is 35.7 Å². The molecule has 1 amide bonds. The summed E-state index contributed by atoms with van der Waals surface area (Å²) in [5.41, 5.74) is 7.49. The van der Waals surface area contributed by atoms with Gasteiger partial charge in [-0.25, -0.2) is 4.98 Å². The second-order valence-corrected chi connectivity index (χ2v) is 7.64. The maximum absolute atomic E-state index is 12.4. The van der Waals surface area contributed by atoms with Gasteiger partial charge in [-0.05, 0) is 37.0 Å². The SMILES string of the molecule is Cc1ccc(Cc2cnc(NC(=O)C3(N)CCOCC3)s2)cc1Cl. The van der Waals surface area contributed by atoms with E-state index in [0.29, 0.717) is 31.2 Å². The molecule has 24 heavy (non-hydrogen) atoms. The lowest BCUT2D eigenvalue weighted by Crippen LogP contribution is -2.54. The van der Waals surface area contributed by atoms with Crippen LogP contribution in [0.5, 0.6) is 0 Å². The highest BCUT2D eigenvalue weighted by atomic mass is 35.5. The Balaban J connectivity index is 1.64. The van der Waals surface area contributed by atoms with Crippen molar-refractivity contribution in [2.45, 2.75) is 31.7 Å². The lowest BCUT2D eigenvalue weighted by atomic mass is 9.90. The quantitative estimate of drug-likeness (QED) is 0.872. The van der Waals surface area contributed by atoms with Crippen LogP contribution in [0.15, 0.2) is 24.4 Å². The maximum atomic E-state index is 12.4. The molecule has 0 saturated carbocycles. The highest BCUT2D eigenvalue weighted by molar-refractivity contribution is 7.15. The van der Waals surface area contributed by atoms with Crippen LogP contribution in [-0.2, 0) is 16.0 Å². The Hall–Kier alpha value is -1.47. The third-order valence-corrected chi connectivity index (χ3v) is 5.55. The molecule has 1 aliphatic rings. The number of carbonyl (C=O) groups is 1. The number of rotatable bonds is 4. The van der Waals surface area contributed by atoms with E-state index in [1.807, 2.05) is 19.1 Å². The molecule has 3 N–H and O–H groups in total. The summed E-state index contributed by atoms with van der Waals surface area (Å²) in [6.07, 6.45) is 3.56. The number of halogens is 1. The zero-order valence-corrected chi connectivity index (χ0v) is 15.0. The van der Waals surface area contributed by atoms with E-state index in [-0.39, 0.29) is 5.91 Å². The van der Waals surface area contributed by atoms with Crippen LogP contribution in [-0.4, -0.2) is 29.6 Å². The molecular formula is C17H20ClN3O2S. The Morgan fingerprint density at radius 1 is 1.46 bits per heavy atom. The number of thiazole rings is 1. The van der Waals surface area contributed by atoms with Gasteiger partial charge in [-0.3, -0.25) is 4.79 Å². The average Bonchev–Trinajstić information content (AvgIpc) is 2.99. The van der Waals surface area contributed by atoms with Crippen molar-refractivity contribution in [2.24, 2.45) is 5.73 Å². The second-order valence-electron chi connectivity index (χ2n) is 6.11. The van der Waals surface area contributed by atoms with Gasteiger partial charge in [0.2, 0.25) is 5.91 Å². The molecule has 3 rings (SSSR count). The van der Waals surface area contributed by atoms with Gasteiger partial charge in [-0.15, -0.1) is 11.3 Å². The van der Waals surface area contributed by atoms with Crippen LogP contribution in [0.2, 0.25) is 5.02 Å². The normalized spacial score (nSPS) is 16.8. The van der Waals surface area contributed by atoms with Crippen molar-refractivity contribution in [1.29, 1.82) is 0 Å². The summed E-state index contributed by atoms with van der Waals surface area (Å²) in [5, 5.41) is 4.17. The largest absolute Gasteiger partial charge is 0.381 e. The number of hydrogen-bond donors (Lipinski definition) is 2. The predicted molar refractivity (Wildman–Crippen MR) is 96.7 cm³/mol. The molecule has 1 aromatic carbocycles. The summed E-state index contributed by atoms with van der Waals surface area (Å²) in [5.74, 6) is -0.190. The van der Waals surface area contributed by atoms with Gasteiger partial charge in [0.25, 0.3) is 0 Å². The first kappa shape index (κ1) is 17.4. The molecule has 128 valence electrons. The van der Waals surface area contributed by atoms with Gasteiger partial charge < -0.3 is 15.8 Å². The van der Waals surface area contributed by atoms with Gasteiger partial charge in [0.05, 0.1) is 0 Å². The number of hydrogen-bond acceptors (Lipinski definition) is 5. The van der Waals surface area contributed by atoms with Gasteiger partial charge in [0.1, 0.15) is 5.54 Å². The van der Waals surface area contributed by atoms with Crippen LogP contribution in [0.25, 0.3) is 0 Å². The van der Waals surface area contributed by atoms with Crippen LogP contribution in [0.1, 0.15) is 28.8 Å². The van der Waals surface area contributed by atoms with E-state index in [4.69, 9.17) is 22.1 Å². The standard InChI is InChI=1S/C17H20ClN3O2S/c1-11-2-3-12(9-14(11)18)8-13-10-20-16(24-13)21-15(22)17(19)4-6-23-7-5-17/h2-3,9-10H,4-8,19H2,1H3,(H,20,21,22). The molecule has 1 saturated heterocycles. The zero-order valence-electron chi connectivity index (χ0n) is 13.5. The molecule has 0 radical (unpaired) electrons. The van der Waals surface area contributed by atoms with E-state index in [0.717, 1.165) is 27.4 Å². The number of nitrogens with one attached hydrogen (secondary N) is 1. The molecule has 5 nitrogen and oxygen atoms in total. The van der Waals surface area contributed by atoms with E-state index in [1.54, 1.807) is 6.20 Å². The van der Waals surface area contributed by atoms with E-state index in [9.17, 15) is 4.79 Å². The summed E-state index contributed by atoms with van der Waals surface area (Å²) in [7, 11) is 0. The van der Waals surface area contributed by atoms with Gasteiger partial charge in [-0.2, -0.15) is 0 Å². The number of carbonyl (C=O) groups excluding carboxylic acids is 1. The summed E-state index contributed by atoms with van der Waals surface area (Å²) in [4.78, 5) is 17.7. The van der Waals surface area contributed by atoms with E-state index < -0.39 is 5.54 Å². The monoisotopic (exact) mass is 365 g/mol. The number of aryl methyl sites for hydroxylation is 1. The van der Waals surface area contributed by atoms with E-state index >= 15 is 0 Å². The van der Waals surface area contributed by atoms with E-state index in [1.165, 1.54) is 11.3 Å². The van der Waals surface area contributed by atoms with Gasteiger partial charge in [0.15, 0.2) is 5.13 Å². The molecule has 0 spiro atoms. The van der Waals surface area contributed by atoms with Crippen molar-refractivity contribution >= 4 is 34.0 Å². The molecule has 0 bridgehead atoms. The molecule has 1 fully saturated rings. The van der Waals surface area contributed by atoms with Crippen molar-refractivity contribution < 1.29 is 9.53 Å². The van der Waals surface area contributed by atoms with Crippen LogP contribution in [0.3, 0.4) is 0 Å². The molecule has 1 aliphatic heterocycles. The van der Waals surface area contributed by atoms with Crippen LogP contribution < -0.4 is 11.1 Å². The Labute approximate surface area is 150 Å². The predicted octanol–water partition coefficient (Wildman–Crippen LogP) is 3.14. The number of anilines is 1. The van der Waals surface area contributed by atoms with Crippen molar-refractivity contribution in [1.82, 2.24) is 4.98 Å². The molecular weight excluding hydrogens is 346 g/mol. The lowest BCUT2D eigenvalue weighted by molar-refractivity contribution is -0.124. The minimum atomic E-state index is -0.867. The molecule has 1 aromatic heterocycles. The summed E-state index contributed by atoms with van der Waals surface area (Å²) in [6.45, 7) is 3.01. The number of benzene rings is 1. The van der Waals surface area contributed by atoms with Crippen LogP contribution >= 0.6 is 22.9 Å². The third-order valence-electron chi connectivity index (χ3n) is 4.23. The molecule has 0 unspecified atom stereocenters. The molecule has 0 aliphatic carbocycles. The highest BCUT2D eigenvalue weighted by Gasteiger charge is 2.36. The average molecular weight is 366 g/mol. The first-order chi connectivity index (χ1) is 11.5. The lowest BCUT2D eigenvalue weighted by Gasteiger charge is -2.31. The Morgan fingerprint density at radius 3 is 2.92 bits per heavy atom. The topological polar surface area (TPSA) is 77.2 Å². The first-order valence-electron chi connectivity index (χ1n) is 7.84. The summed E-state index contributed by atoms with van der Waals surface area (Å²) in [6, 6.07) is 6.02. The number of aromatic nitrogens is 1. The molecule has 2 aromatic rings. The number of amides is 1. The number of nitrogens with two attached hydrogens (primary N) is 1. The van der Waals surface area contributed by atoms with Crippen molar-refractivity contribution in [3.8, 4) is 0 Å². The smallest absolute Gasteiger partial charge is 0.246 e. The Bertz CT molecular complexity index is 741. The van der Waals surface area contributed by atoms with Crippen LogP contribution in [0, 0.1) is 6.92 Å². The number of ether oxygens (including phenoxy) is 1. The summed E-state index contributed by atoms with van der Waals surface area (Å²) < 4.78 is 5.27. The summed E-state index contributed by atoms with van der Waals surface area (Å²) >= 11 is 7.62. The Morgan fingerprint density at radius 2 is 2.21 bits per heavy atom. The minimum absolute atomic E-state index is 0.190. The fourth-order valence-electron chi connectivity index (χ4n) is 2.58. The van der Waals surface area contributed by atoms with Crippen molar-refractivity contribution in [3.05, 3.63) is 45.4 Å². The zero-order chi connectivity index (χ0) is 17.2. The number of nitrogens with zero attached hydrogens (tertiary/aromatic N) is 1. The second kappa shape index (κ2) is 7.19.